The molecule has 0 radical (unpaired) electrons. The lowest BCUT2D eigenvalue weighted by Gasteiger charge is -2.43. The Balaban J connectivity index is 1.71. The third-order valence-electron chi connectivity index (χ3n) is 5.86. The normalized spacial score (nSPS) is 22.2. The standard InChI is InChI=1S/C30H26O9/c1-2-18-35-30-26(39-29(34)22-16-10-5-11-17-22)25(38-28(33)21-14-8-4-9-15-21)24(23(19-31)36-30)37-27(32)20-12-6-3-7-13-20/h1,3-17,23-26,30-31H,18-19H2/t23-,24-,25+,26+,30+/m1/s1. The number of hydrogen-bond donors (Lipinski definition) is 1. The lowest BCUT2D eigenvalue weighted by Crippen LogP contribution is -2.63. The summed E-state index contributed by atoms with van der Waals surface area (Å²) in [6.07, 6.45) is -1.45. The van der Waals surface area contributed by atoms with E-state index in [2.05, 4.69) is 5.92 Å². The zero-order valence-corrected chi connectivity index (χ0v) is 20.8. The van der Waals surface area contributed by atoms with Crippen molar-refractivity contribution >= 4 is 17.9 Å². The highest BCUT2D eigenvalue weighted by Gasteiger charge is 2.53. The van der Waals surface area contributed by atoms with E-state index in [1.807, 2.05) is 0 Å². The van der Waals surface area contributed by atoms with Crippen LogP contribution in [0.5, 0.6) is 0 Å². The minimum Gasteiger partial charge on any atom is -0.452 e. The topological polar surface area (TPSA) is 118 Å². The van der Waals surface area contributed by atoms with E-state index in [0.29, 0.717) is 0 Å². The second-order valence-corrected chi connectivity index (χ2v) is 8.45. The van der Waals surface area contributed by atoms with Crippen LogP contribution in [0.4, 0.5) is 0 Å². The number of carbonyl (C=O) groups excluding carboxylic acids is 3. The Labute approximate surface area is 225 Å². The second-order valence-electron chi connectivity index (χ2n) is 8.45. The molecule has 1 aliphatic heterocycles. The van der Waals surface area contributed by atoms with Gasteiger partial charge in [-0.3, -0.25) is 0 Å². The summed E-state index contributed by atoms with van der Waals surface area (Å²) < 4.78 is 28.7. The molecule has 39 heavy (non-hydrogen) atoms. The van der Waals surface area contributed by atoms with Gasteiger partial charge < -0.3 is 28.8 Å². The first-order chi connectivity index (χ1) is 19.0. The number of terminal acetylenes is 1. The van der Waals surface area contributed by atoms with Gasteiger partial charge in [-0.2, -0.15) is 0 Å². The Kier molecular flexibility index (Phi) is 9.43. The summed E-state index contributed by atoms with van der Waals surface area (Å²) >= 11 is 0. The van der Waals surface area contributed by atoms with Crippen molar-refractivity contribution in [2.24, 2.45) is 0 Å². The van der Waals surface area contributed by atoms with E-state index in [1.165, 1.54) is 36.4 Å². The Morgan fingerprint density at radius 3 is 1.51 bits per heavy atom. The highest BCUT2D eigenvalue weighted by atomic mass is 16.7. The van der Waals surface area contributed by atoms with Crippen molar-refractivity contribution in [1.82, 2.24) is 0 Å². The van der Waals surface area contributed by atoms with E-state index in [4.69, 9.17) is 30.1 Å². The van der Waals surface area contributed by atoms with Crippen LogP contribution >= 0.6 is 0 Å². The smallest absolute Gasteiger partial charge is 0.338 e. The largest absolute Gasteiger partial charge is 0.452 e. The summed E-state index contributed by atoms with van der Waals surface area (Å²) in [5.41, 5.74) is 0.626. The van der Waals surface area contributed by atoms with Gasteiger partial charge in [0.2, 0.25) is 0 Å². The van der Waals surface area contributed by atoms with E-state index in [-0.39, 0.29) is 23.3 Å². The van der Waals surface area contributed by atoms with Crippen LogP contribution in [0.1, 0.15) is 31.1 Å². The van der Waals surface area contributed by atoms with Crippen molar-refractivity contribution in [1.29, 1.82) is 0 Å². The van der Waals surface area contributed by atoms with Gasteiger partial charge in [0.05, 0.1) is 23.3 Å². The fraction of sp³-hybridized carbons (Fsp3) is 0.233. The maximum atomic E-state index is 13.2. The highest BCUT2D eigenvalue weighted by Crippen LogP contribution is 2.31. The van der Waals surface area contributed by atoms with Crippen molar-refractivity contribution < 1.29 is 43.2 Å². The van der Waals surface area contributed by atoms with Crippen molar-refractivity contribution in [2.75, 3.05) is 13.2 Å². The molecule has 0 amide bonds. The summed E-state index contributed by atoms with van der Waals surface area (Å²) in [5.74, 6) is -0.0126. The molecule has 1 heterocycles. The molecule has 3 aromatic carbocycles. The molecule has 0 unspecified atom stereocenters. The lowest BCUT2D eigenvalue weighted by molar-refractivity contribution is -0.295. The van der Waals surface area contributed by atoms with Crippen LogP contribution in [0.25, 0.3) is 0 Å². The lowest BCUT2D eigenvalue weighted by atomic mass is 9.97. The number of carbonyl (C=O) groups is 3. The number of aliphatic hydroxyl groups is 1. The maximum absolute atomic E-state index is 13.2. The Bertz CT molecular complexity index is 1290. The van der Waals surface area contributed by atoms with Crippen molar-refractivity contribution in [2.45, 2.75) is 30.7 Å². The highest BCUT2D eigenvalue weighted by molar-refractivity contribution is 5.91. The zero-order chi connectivity index (χ0) is 27.6. The summed E-state index contributed by atoms with van der Waals surface area (Å²) in [7, 11) is 0. The van der Waals surface area contributed by atoms with Crippen LogP contribution in [0.15, 0.2) is 91.0 Å². The van der Waals surface area contributed by atoms with Gasteiger partial charge in [-0.25, -0.2) is 14.4 Å². The minimum atomic E-state index is -1.44. The van der Waals surface area contributed by atoms with Gasteiger partial charge in [0.15, 0.2) is 24.6 Å². The average molecular weight is 531 g/mol. The first-order valence-corrected chi connectivity index (χ1v) is 12.1. The molecule has 200 valence electrons. The van der Waals surface area contributed by atoms with Crippen LogP contribution in [0, 0.1) is 12.3 Å². The van der Waals surface area contributed by atoms with Gasteiger partial charge in [-0.1, -0.05) is 60.5 Å². The van der Waals surface area contributed by atoms with E-state index in [0.717, 1.165) is 0 Å². The van der Waals surface area contributed by atoms with E-state index < -0.39 is 55.2 Å². The predicted octanol–water partition coefficient (Wildman–Crippen LogP) is 3.03. The molecule has 1 aliphatic rings. The molecule has 5 atom stereocenters. The zero-order valence-electron chi connectivity index (χ0n) is 20.8. The van der Waals surface area contributed by atoms with E-state index in [1.54, 1.807) is 54.6 Å². The molecular formula is C30H26O9. The van der Waals surface area contributed by atoms with Crippen molar-refractivity contribution in [3.8, 4) is 12.3 Å². The molecule has 9 nitrogen and oxygen atoms in total. The van der Waals surface area contributed by atoms with Crippen LogP contribution in [0.3, 0.4) is 0 Å². The van der Waals surface area contributed by atoms with Crippen molar-refractivity contribution in [3.63, 3.8) is 0 Å². The summed E-state index contributed by atoms with van der Waals surface area (Å²) in [6.45, 7) is -0.878. The van der Waals surface area contributed by atoms with Gasteiger partial charge >= 0.3 is 17.9 Å². The number of ether oxygens (including phenoxy) is 5. The van der Waals surface area contributed by atoms with Crippen LogP contribution in [0.2, 0.25) is 0 Å². The third kappa shape index (κ3) is 6.89. The second kappa shape index (κ2) is 13.3. The molecule has 0 saturated carbocycles. The van der Waals surface area contributed by atoms with E-state index >= 15 is 0 Å². The predicted molar refractivity (Wildman–Crippen MR) is 137 cm³/mol. The minimum absolute atomic E-state index is 0.201. The molecule has 3 aromatic rings. The summed E-state index contributed by atoms with van der Waals surface area (Å²) in [6, 6.07) is 24.3. The first kappa shape index (κ1) is 27.5. The quantitative estimate of drug-likeness (QED) is 0.253. The molecule has 0 aliphatic carbocycles. The van der Waals surface area contributed by atoms with Gasteiger partial charge in [-0.05, 0) is 36.4 Å². The fourth-order valence-electron chi connectivity index (χ4n) is 3.99. The molecule has 0 bridgehead atoms. The van der Waals surface area contributed by atoms with Gasteiger partial charge in [-0.15, -0.1) is 6.42 Å². The third-order valence-corrected chi connectivity index (χ3v) is 5.86. The fourth-order valence-corrected chi connectivity index (χ4v) is 3.99. The first-order valence-electron chi connectivity index (χ1n) is 12.1. The Hall–Kier alpha value is -4.49. The number of esters is 3. The van der Waals surface area contributed by atoms with Crippen LogP contribution in [-0.2, 0) is 23.7 Å². The number of rotatable bonds is 9. The molecular weight excluding hydrogens is 504 g/mol. The monoisotopic (exact) mass is 530 g/mol. The average Bonchev–Trinajstić information content (AvgIpc) is 2.99. The molecule has 1 saturated heterocycles. The Morgan fingerprint density at radius 2 is 1.10 bits per heavy atom. The summed E-state index contributed by atoms with van der Waals surface area (Å²) in [5, 5.41) is 10.1. The molecule has 1 N–H and O–H groups in total. The van der Waals surface area contributed by atoms with Gasteiger partial charge in [0, 0.05) is 0 Å². The van der Waals surface area contributed by atoms with Crippen molar-refractivity contribution in [3.05, 3.63) is 108 Å². The molecule has 0 spiro atoms. The number of hydrogen-bond acceptors (Lipinski definition) is 9. The SMILES string of the molecule is C#CCO[C@H]1O[C@H](CO)[C@@H](OC(=O)c2ccccc2)[C@H](OC(=O)c2ccccc2)[C@@H]1OC(=O)c1ccccc1. The molecule has 4 rings (SSSR count). The van der Waals surface area contributed by atoms with Gasteiger partial charge in [0.1, 0.15) is 12.7 Å². The summed E-state index contributed by atoms with van der Waals surface area (Å²) in [4.78, 5) is 39.2. The van der Waals surface area contributed by atoms with Gasteiger partial charge in [0.25, 0.3) is 0 Å². The van der Waals surface area contributed by atoms with Crippen LogP contribution < -0.4 is 0 Å². The molecule has 0 aromatic heterocycles. The van der Waals surface area contributed by atoms with E-state index in [9.17, 15) is 19.5 Å². The van der Waals surface area contributed by atoms with Crippen LogP contribution in [-0.4, -0.2) is 66.9 Å². The number of aliphatic hydroxyl groups excluding tert-OH is 1. The Morgan fingerprint density at radius 1 is 0.692 bits per heavy atom. The maximum Gasteiger partial charge on any atom is 0.338 e. The number of benzene rings is 3. The molecule has 1 fully saturated rings. The molecule has 9 heteroatoms.